The summed E-state index contributed by atoms with van der Waals surface area (Å²) in [6.07, 6.45) is 3.65. The van der Waals surface area contributed by atoms with Gasteiger partial charge in [-0.1, -0.05) is 30.7 Å². The minimum atomic E-state index is -0.0878. The average molecular weight is 383 g/mol. The van der Waals surface area contributed by atoms with Crippen LogP contribution in [0.4, 0.5) is 0 Å². The summed E-state index contributed by atoms with van der Waals surface area (Å²) in [6.45, 7) is 4.58. The molecule has 2 aromatic carbocycles. The molecule has 0 saturated carbocycles. The van der Waals surface area contributed by atoms with E-state index in [0.717, 1.165) is 35.7 Å². The SMILES string of the molecule is COc1cc(C(=O)NCC(c2ccccc2OC)N2CCCCC2)ccc1C. The van der Waals surface area contributed by atoms with Crippen molar-refractivity contribution in [2.45, 2.75) is 32.2 Å². The van der Waals surface area contributed by atoms with Gasteiger partial charge in [0, 0.05) is 17.7 Å². The molecule has 0 bridgehead atoms. The van der Waals surface area contributed by atoms with Crippen LogP contribution >= 0.6 is 0 Å². The van der Waals surface area contributed by atoms with Crippen LogP contribution < -0.4 is 14.8 Å². The summed E-state index contributed by atoms with van der Waals surface area (Å²) in [6, 6.07) is 13.7. The molecule has 1 fully saturated rings. The van der Waals surface area contributed by atoms with E-state index < -0.39 is 0 Å². The molecule has 2 aromatic rings. The topological polar surface area (TPSA) is 50.8 Å². The number of carbonyl (C=O) groups is 1. The van der Waals surface area contributed by atoms with E-state index in [-0.39, 0.29) is 11.9 Å². The average Bonchev–Trinajstić information content (AvgIpc) is 2.75. The molecule has 0 aromatic heterocycles. The molecule has 5 heteroatoms. The quantitative estimate of drug-likeness (QED) is 0.787. The molecule has 150 valence electrons. The van der Waals surface area contributed by atoms with Crippen molar-refractivity contribution in [1.82, 2.24) is 10.2 Å². The number of carbonyl (C=O) groups excluding carboxylic acids is 1. The molecule has 0 radical (unpaired) electrons. The third kappa shape index (κ3) is 4.65. The van der Waals surface area contributed by atoms with Crippen LogP contribution in [-0.4, -0.2) is 44.7 Å². The van der Waals surface area contributed by atoms with Gasteiger partial charge < -0.3 is 14.8 Å². The molecular formula is C23H30N2O3. The number of para-hydroxylation sites is 1. The number of likely N-dealkylation sites (tertiary alicyclic amines) is 1. The van der Waals surface area contributed by atoms with Gasteiger partial charge in [0.2, 0.25) is 0 Å². The molecule has 1 heterocycles. The van der Waals surface area contributed by atoms with Crippen LogP contribution in [0.3, 0.4) is 0 Å². The number of hydrogen-bond donors (Lipinski definition) is 1. The molecule has 1 saturated heterocycles. The fourth-order valence-electron chi connectivity index (χ4n) is 3.86. The van der Waals surface area contributed by atoms with Crippen LogP contribution in [0.15, 0.2) is 42.5 Å². The van der Waals surface area contributed by atoms with Gasteiger partial charge in [-0.05, 0) is 56.6 Å². The van der Waals surface area contributed by atoms with Gasteiger partial charge in [-0.3, -0.25) is 9.69 Å². The first-order valence-corrected chi connectivity index (χ1v) is 9.94. The highest BCUT2D eigenvalue weighted by Gasteiger charge is 2.25. The molecule has 1 unspecified atom stereocenters. The maximum Gasteiger partial charge on any atom is 0.251 e. The lowest BCUT2D eigenvalue weighted by Crippen LogP contribution is -2.40. The van der Waals surface area contributed by atoms with E-state index in [4.69, 9.17) is 9.47 Å². The first kappa shape index (κ1) is 20.2. The van der Waals surface area contributed by atoms with E-state index in [0.29, 0.717) is 12.1 Å². The van der Waals surface area contributed by atoms with E-state index in [9.17, 15) is 4.79 Å². The van der Waals surface area contributed by atoms with Gasteiger partial charge in [0.25, 0.3) is 5.91 Å². The molecule has 1 N–H and O–H groups in total. The third-order valence-corrected chi connectivity index (χ3v) is 5.46. The van der Waals surface area contributed by atoms with Crippen molar-refractivity contribution in [2.24, 2.45) is 0 Å². The predicted molar refractivity (Wildman–Crippen MR) is 111 cm³/mol. The van der Waals surface area contributed by atoms with E-state index in [1.807, 2.05) is 37.3 Å². The lowest BCUT2D eigenvalue weighted by Gasteiger charge is -2.35. The Kier molecular flexibility index (Phi) is 6.93. The van der Waals surface area contributed by atoms with Crippen molar-refractivity contribution in [1.29, 1.82) is 0 Å². The molecule has 0 aliphatic carbocycles. The fraction of sp³-hybridized carbons (Fsp3) is 0.435. The Morgan fingerprint density at radius 1 is 1.04 bits per heavy atom. The lowest BCUT2D eigenvalue weighted by molar-refractivity contribution is 0.0923. The Balaban J connectivity index is 1.78. The van der Waals surface area contributed by atoms with Crippen molar-refractivity contribution in [3.05, 3.63) is 59.2 Å². The largest absolute Gasteiger partial charge is 0.496 e. The number of nitrogens with zero attached hydrogens (tertiary/aromatic N) is 1. The van der Waals surface area contributed by atoms with Crippen LogP contribution in [0, 0.1) is 6.92 Å². The molecule has 1 amide bonds. The van der Waals surface area contributed by atoms with Gasteiger partial charge in [-0.15, -0.1) is 0 Å². The summed E-state index contributed by atoms with van der Waals surface area (Å²) in [5, 5.41) is 3.13. The van der Waals surface area contributed by atoms with Crippen LogP contribution in [-0.2, 0) is 0 Å². The summed E-state index contributed by atoms with van der Waals surface area (Å²) in [5.41, 5.74) is 2.74. The van der Waals surface area contributed by atoms with Crippen molar-refractivity contribution in [3.8, 4) is 11.5 Å². The van der Waals surface area contributed by atoms with Crippen molar-refractivity contribution < 1.29 is 14.3 Å². The molecule has 5 nitrogen and oxygen atoms in total. The molecular weight excluding hydrogens is 352 g/mol. The fourth-order valence-corrected chi connectivity index (χ4v) is 3.86. The molecule has 1 aliphatic rings. The number of aryl methyl sites for hydroxylation is 1. The zero-order valence-electron chi connectivity index (χ0n) is 17.0. The molecule has 3 rings (SSSR count). The normalized spacial score (nSPS) is 15.7. The summed E-state index contributed by atoms with van der Waals surface area (Å²) in [5.74, 6) is 1.50. The second-order valence-corrected chi connectivity index (χ2v) is 7.25. The number of methoxy groups -OCH3 is 2. The smallest absolute Gasteiger partial charge is 0.251 e. The number of amides is 1. The highest BCUT2D eigenvalue weighted by Crippen LogP contribution is 2.31. The van der Waals surface area contributed by atoms with Gasteiger partial charge in [0.1, 0.15) is 11.5 Å². The Labute approximate surface area is 167 Å². The second kappa shape index (κ2) is 9.60. The number of ether oxygens (including phenoxy) is 2. The highest BCUT2D eigenvalue weighted by molar-refractivity contribution is 5.94. The Hall–Kier alpha value is -2.53. The van der Waals surface area contributed by atoms with Crippen LogP contribution in [0.1, 0.15) is 46.8 Å². The van der Waals surface area contributed by atoms with Gasteiger partial charge in [0.05, 0.1) is 20.3 Å². The maximum absolute atomic E-state index is 12.8. The van der Waals surface area contributed by atoms with Crippen LogP contribution in [0.25, 0.3) is 0 Å². The van der Waals surface area contributed by atoms with E-state index in [1.165, 1.54) is 19.3 Å². The van der Waals surface area contributed by atoms with Gasteiger partial charge in [0.15, 0.2) is 0 Å². The first-order valence-electron chi connectivity index (χ1n) is 9.94. The molecule has 28 heavy (non-hydrogen) atoms. The Bertz CT molecular complexity index is 800. The minimum absolute atomic E-state index is 0.0878. The number of piperidine rings is 1. The number of benzene rings is 2. The van der Waals surface area contributed by atoms with Crippen LogP contribution in [0.2, 0.25) is 0 Å². The van der Waals surface area contributed by atoms with E-state index in [1.54, 1.807) is 20.3 Å². The Morgan fingerprint density at radius 3 is 2.46 bits per heavy atom. The molecule has 1 atom stereocenters. The molecule has 0 spiro atoms. The standard InChI is InChI=1S/C23H30N2O3/c1-17-11-12-18(15-22(17)28-3)23(26)24-16-20(25-13-7-4-8-14-25)19-9-5-6-10-21(19)27-2/h5-6,9-12,15,20H,4,7-8,13-14,16H2,1-3H3,(H,24,26). The monoisotopic (exact) mass is 382 g/mol. The predicted octanol–water partition coefficient (Wildman–Crippen LogP) is 3.97. The van der Waals surface area contributed by atoms with Gasteiger partial charge in [-0.25, -0.2) is 0 Å². The number of hydrogen-bond acceptors (Lipinski definition) is 4. The zero-order valence-corrected chi connectivity index (χ0v) is 17.0. The van der Waals surface area contributed by atoms with E-state index in [2.05, 4.69) is 16.3 Å². The van der Waals surface area contributed by atoms with Gasteiger partial charge >= 0.3 is 0 Å². The Morgan fingerprint density at radius 2 is 1.75 bits per heavy atom. The highest BCUT2D eigenvalue weighted by atomic mass is 16.5. The van der Waals surface area contributed by atoms with E-state index >= 15 is 0 Å². The van der Waals surface area contributed by atoms with Crippen molar-refractivity contribution >= 4 is 5.91 Å². The molecule has 1 aliphatic heterocycles. The van der Waals surface area contributed by atoms with Crippen molar-refractivity contribution in [3.63, 3.8) is 0 Å². The number of nitrogens with one attached hydrogen (secondary N) is 1. The lowest BCUT2D eigenvalue weighted by atomic mass is 10.0. The summed E-state index contributed by atoms with van der Waals surface area (Å²) < 4.78 is 10.9. The first-order chi connectivity index (χ1) is 13.6. The number of rotatable bonds is 7. The summed E-state index contributed by atoms with van der Waals surface area (Å²) in [4.78, 5) is 15.2. The maximum atomic E-state index is 12.8. The zero-order chi connectivity index (χ0) is 19.9. The second-order valence-electron chi connectivity index (χ2n) is 7.25. The summed E-state index contributed by atoms with van der Waals surface area (Å²) in [7, 11) is 3.32. The van der Waals surface area contributed by atoms with Crippen LogP contribution in [0.5, 0.6) is 11.5 Å². The van der Waals surface area contributed by atoms with Gasteiger partial charge in [-0.2, -0.15) is 0 Å². The summed E-state index contributed by atoms with van der Waals surface area (Å²) >= 11 is 0. The third-order valence-electron chi connectivity index (χ3n) is 5.46. The van der Waals surface area contributed by atoms with Crippen molar-refractivity contribution in [2.75, 3.05) is 33.9 Å². The minimum Gasteiger partial charge on any atom is -0.496 e.